The molecule has 0 atom stereocenters. The number of hydrogen-bond donors (Lipinski definition) is 1. The molecule has 25 heavy (non-hydrogen) atoms. The van der Waals surface area contributed by atoms with Crippen LogP contribution < -0.4 is 5.32 Å². The third kappa shape index (κ3) is 6.97. The highest BCUT2D eigenvalue weighted by Crippen LogP contribution is 2.12. The highest BCUT2D eigenvalue weighted by Gasteiger charge is 2.23. The Kier molecular flexibility index (Phi) is 7.98. The molecule has 1 saturated heterocycles. The molecule has 0 bridgehead atoms. The standard InChI is InChI=1S/C19H26N2O4/c1-24-18(22)9-5-6-12-20-17-10-13-21(14-11-17)19(23)25-15-16-7-3-2-4-8-16/h2-5,7-9,17,20H,6,10-15H2,1H3. The maximum atomic E-state index is 12.1. The monoisotopic (exact) mass is 346 g/mol. The molecule has 1 aliphatic heterocycles. The number of ether oxygens (including phenoxy) is 2. The van der Waals surface area contributed by atoms with Gasteiger partial charge in [-0.1, -0.05) is 36.4 Å². The highest BCUT2D eigenvalue weighted by atomic mass is 16.6. The Hall–Kier alpha value is -2.34. The lowest BCUT2D eigenvalue weighted by Gasteiger charge is -2.31. The second-order valence-corrected chi connectivity index (χ2v) is 5.97. The van der Waals surface area contributed by atoms with E-state index in [1.54, 1.807) is 11.0 Å². The number of methoxy groups -OCH3 is 1. The van der Waals surface area contributed by atoms with E-state index in [1.165, 1.54) is 13.2 Å². The lowest BCUT2D eigenvalue weighted by molar-refractivity contribution is -0.134. The largest absolute Gasteiger partial charge is 0.466 e. The zero-order chi connectivity index (χ0) is 17.9. The fourth-order valence-electron chi connectivity index (χ4n) is 2.70. The number of amides is 1. The van der Waals surface area contributed by atoms with Crippen LogP contribution in [0.15, 0.2) is 42.5 Å². The number of likely N-dealkylation sites (tertiary alicyclic amines) is 1. The number of hydrogen-bond acceptors (Lipinski definition) is 5. The van der Waals surface area contributed by atoms with Crippen LogP contribution in [0.25, 0.3) is 0 Å². The summed E-state index contributed by atoms with van der Waals surface area (Å²) < 4.78 is 9.90. The molecule has 1 aromatic rings. The highest BCUT2D eigenvalue weighted by molar-refractivity contribution is 5.81. The molecule has 0 radical (unpaired) electrons. The molecule has 0 unspecified atom stereocenters. The Morgan fingerprint density at radius 3 is 2.64 bits per heavy atom. The van der Waals surface area contributed by atoms with Crippen molar-refractivity contribution in [1.82, 2.24) is 10.2 Å². The summed E-state index contributed by atoms with van der Waals surface area (Å²) in [5.41, 5.74) is 0.993. The van der Waals surface area contributed by atoms with Crippen LogP contribution in [0, 0.1) is 0 Å². The van der Waals surface area contributed by atoms with Gasteiger partial charge >= 0.3 is 12.1 Å². The second kappa shape index (κ2) is 10.5. The van der Waals surface area contributed by atoms with E-state index < -0.39 is 0 Å². The van der Waals surface area contributed by atoms with Crippen LogP contribution in [-0.2, 0) is 20.9 Å². The van der Waals surface area contributed by atoms with Gasteiger partial charge in [0.15, 0.2) is 0 Å². The van der Waals surface area contributed by atoms with Crippen molar-refractivity contribution in [2.24, 2.45) is 0 Å². The smallest absolute Gasteiger partial charge is 0.410 e. The van der Waals surface area contributed by atoms with Gasteiger partial charge < -0.3 is 19.7 Å². The molecule has 6 heteroatoms. The van der Waals surface area contributed by atoms with Gasteiger partial charge in [0.05, 0.1) is 7.11 Å². The van der Waals surface area contributed by atoms with Crippen molar-refractivity contribution in [3.63, 3.8) is 0 Å². The molecule has 0 spiro atoms. The van der Waals surface area contributed by atoms with E-state index in [1.807, 2.05) is 30.3 Å². The van der Waals surface area contributed by atoms with Crippen molar-refractivity contribution in [3.8, 4) is 0 Å². The van der Waals surface area contributed by atoms with Gasteiger partial charge in [0.2, 0.25) is 0 Å². The van der Waals surface area contributed by atoms with Crippen LogP contribution in [0.1, 0.15) is 24.8 Å². The van der Waals surface area contributed by atoms with Crippen LogP contribution in [-0.4, -0.2) is 49.7 Å². The van der Waals surface area contributed by atoms with Gasteiger partial charge in [-0.25, -0.2) is 9.59 Å². The summed E-state index contributed by atoms with van der Waals surface area (Å²) in [7, 11) is 1.36. The van der Waals surface area contributed by atoms with Crippen LogP contribution in [0.4, 0.5) is 4.79 Å². The number of nitrogens with zero attached hydrogens (tertiary/aromatic N) is 1. The van der Waals surface area contributed by atoms with Gasteiger partial charge in [-0.3, -0.25) is 0 Å². The predicted octanol–water partition coefficient (Wildman–Crippen LogP) is 2.50. The third-order valence-electron chi connectivity index (χ3n) is 4.16. The van der Waals surface area contributed by atoms with Crippen LogP contribution in [0.2, 0.25) is 0 Å². The summed E-state index contributed by atoms with van der Waals surface area (Å²) in [4.78, 5) is 24.8. The molecule has 1 fully saturated rings. The minimum Gasteiger partial charge on any atom is -0.466 e. The molecule has 1 heterocycles. The molecular formula is C19H26N2O4. The summed E-state index contributed by atoms with van der Waals surface area (Å²) in [6.07, 6.45) is 5.57. The predicted molar refractivity (Wildman–Crippen MR) is 95.0 cm³/mol. The third-order valence-corrected chi connectivity index (χ3v) is 4.16. The van der Waals surface area contributed by atoms with E-state index in [4.69, 9.17) is 4.74 Å². The summed E-state index contributed by atoms with van der Waals surface area (Å²) >= 11 is 0. The molecular weight excluding hydrogens is 320 g/mol. The van der Waals surface area contributed by atoms with Gasteiger partial charge in [-0.15, -0.1) is 0 Å². The summed E-state index contributed by atoms with van der Waals surface area (Å²) in [6.45, 7) is 2.51. The lowest BCUT2D eigenvalue weighted by atomic mass is 10.1. The molecule has 6 nitrogen and oxygen atoms in total. The first-order valence-electron chi connectivity index (χ1n) is 8.62. The molecule has 0 saturated carbocycles. The molecule has 0 aliphatic carbocycles. The maximum Gasteiger partial charge on any atom is 0.410 e. The van der Waals surface area contributed by atoms with Crippen molar-refractivity contribution < 1.29 is 19.1 Å². The van der Waals surface area contributed by atoms with Crippen LogP contribution >= 0.6 is 0 Å². The molecule has 1 N–H and O–H groups in total. The Balaban J connectivity index is 1.60. The number of benzene rings is 1. The lowest BCUT2D eigenvalue weighted by Crippen LogP contribution is -2.45. The maximum absolute atomic E-state index is 12.1. The number of rotatable bonds is 7. The molecule has 1 amide bonds. The van der Waals surface area contributed by atoms with E-state index in [0.717, 1.165) is 31.4 Å². The minimum atomic E-state index is -0.331. The Labute approximate surface area is 148 Å². The summed E-state index contributed by atoms with van der Waals surface area (Å²) in [6, 6.07) is 10.1. The zero-order valence-corrected chi connectivity index (χ0v) is 14.6. The van der Waals surface area contributed by atoms with Crippen molar-refractivity contribution in [1.29, 1.82) is 0 Å². The van der Waals surface area contributed by atoms with E-state index in [0.29, 0.717) is 25.7 Å². The average molecular weight is 346 g/mol. The van der Waals surface area contributed by atoms with Crippen molar-refractivity contribution in [3.05, 3.63) is 48.0 Å². The summed E-state index contributed by atoms with van der Waals surface area (Å²) in [5.74, 6) is -0.331. The minimum absolute atomic E-state index is 0.247. The summed E-state index contributed by atoms with van der Waals surface area (Å²) in [5, 5.41) is 3.45. The quantitative estimate of drug-likeness (QED) is 0.467. The van der Waals surface area contributed by atoms with Gasteiger partial charge in [0, 0.05) is 25.2 Å². The Bertz CT molecular complexity index is 566. The van der Waals surface area contributed by atoms with Gasteiger partial charge in [0.1, 0.15) is 6.61 Å². The number of nitrogens with one attached hydrogen (secondary N) is 1. The average Bonchev–Trinajstić information content (AvgIpc) is 2.67. The van der Waals surface area contributed by atoms with Gasteiger partial charge in [-0.2, -0.15) is 0 Å². The molecule has 1 aliphatic rings. The normalized spacial score (nSPS) is 15.3. The fraction of sp³-hybridized carbons (Fsp3) is 0.474. The molecule has 0 aromatic heterocycles. The SMILES string of the molecule is COC(=O)C=CCCNC1CCN(C(=O)OCc2ccccc2)CC1. The Morgan fingerprint density at radius 2 is 1.96 bits per heavy atom. The van der Waals surface area contributed by atoms with E-state index in [9.17, 15) is 9.59 Å². The zero-order valence-electron chi connectivity index (χ0n) is 14.6. The topological polar surface area (TPSA) is 67.9 Å². The fourth-order valence-corrected chi connectivity index (χ4v) is 2.70. The van der Waals surface area contributed by atoms with Crippen molar-refractivity contribution in [2.45, 2.75) is 31.9 Å². The van der Waals surface area contributed by atoms with Gasteiger partial charge in [-0.05, 0) is 31.4 Å². The second-order valence-electron chi connectivity index (χ2n) is 5.97. The molecule has 136 valence electrons. The first-order valence-corrected chi connectivity index (χ1v) is 8.62. The number of esters is 1. The first-order chi connectivity index (χ1) is 12.2. The van der Waals surface area contributed by atoms with E-state index in [2.05, 4.69) is 10.1 Å². The molecule has 2 rings (SSSR count). The van der Waals surface area contributed by atoms with Gasteiger partial charge in [0.25, 0.3) is 0 Å². The number of carbonyl (C=O) groups excluding carboxylic acids is 2. The van der Waals surface area contributed by atoms with Crippen molar-refractivity contribution in [2.75, 3.05) is 26.7 Å². The van der Waals surface area contributed by atoms with E-state index >= 15 is 0 Å². The first kappa shape index (κ1) is 19.0. The van der Waals surface area contributed by atoms with Crippen LogP contribution in [0.3, 0.4) is 0 Å². The number of piperidine rings is 1. The molecule has 1 aromatic carbocycles. The van der Waals surface area contributed by atoms with Crippen LogP contribution in [0.5, 0.6) is 0 Å². The Morgan fingerprint density at radius 1 is 1.24 bits per heavy atom. The van der Waals surface area contributed by atoms with Crippen molar-refractivity contribution >= 4 is 12.1 Å². The van der Waals surface area contributed by atoms with E-state index in [-0.39, 0.29) is 12.1 Å². The number of carbonyl (C=O) groups is 2.